The van der Waals surface area contributed by atoms with E-state index in [1.54, 1.807) is 6.92 Å². The Labute approximate surface area is 226 Å². The lowest BCUT2D eigenvalue weighted by Crippen LogP contribution is -2.63. The largest absolute Gasteiger partial charge is 0.348 e. The summed E-state index contributed by atoms with van der Waals surface area (Å²) in [6.45, 7) is 12.5. The molecule has 2 atom stereocenters. The fraction of sp³-hybridized carbons (Fsp3) is 0.500. The summed E-state index contributed by atoms with van der Waals surface area (Å²) in [5.74, 6) is 1.11. The van der Waals surface area contributed by atoms with Crippen molar-refractivity contribution in [3.05, 3.63) is 41.2 Å². The van der Waals surface area contributed by atoms with Crippen LogP contribution in [0.25, 0.3) is 22.0 Å². The average molecular weight is 534 g/mol. The first kappa shape index (κ1) is 23.8. The lowest BCUT2D eigenvalue weighted by molar-refractivity contribution is -0.149. The fourth-order valence-corrected chi connectivity index (χ4v) is 7.78. The van der Waals surface area contributed by atoms with Gasteiger partial charge in [0.2, 0.25) is 11.8 Å². The molecule has 1 aromatic carbocycles. The Morgan fingerprint density at radius 2 is 1.92 bits per heavy atom. The number of H-pyrrole nitrogens is 1. The maximum atomic E-state index is 12.2. The van der Waals surface area contributed by atoms with Crippen LogP contribution < -0.4 is 4.90 Å². The van der Waals surface area contributed by atoms with Gasteiger partial charge in [-0.2, -0.15) is 10.2 Å². The van der Waals surface area contributed by atoms with Gasteiger partial charge in [0.1, 0.15) is 0 Å². The first-order valence-corrected chi connectivity index (χ1v) is 13.7. The van der Waals surface area contributed by atoms with Crippen LogP contribution in [0.5, 0.6) is 0 Å². The van der Waals surface area contributed by atoms with Crippen LogP contribution in [0.1, 0.15) is 43.5 Å². The number of likely N-dealkylation sites (tertiary alicyclic amines) is 2. The Morgan fingerprint density at radius 3 is 2.58 bits per heavy atom. The molecule has 4 fully saturated rings. The van der Waals surface area contributed by atoms with E-state index in [0.29, 0.717) is 0 Å². The van der Waals surface area contributed by atoms with E-state index in [0.717, 1.165) is 89.6 Å². The molecule has 7 rings (SSSR count). The summed E-state index contributed by atoms with van der Waals surface area (Å²) in [6, 6.07) is 2.78. The molecule has 5 heterocycles. The topological polar surface area (TPSA) is 90.4 Å². The van der Waals surface area contributed by atoms with Crippen LogP contribution in [0.2, 0.25) is 5.02 Å². The third kappa shape index (κ3) is 3.23. The number of nitrogens with zero attached hydrogens (tertiary/aromatic N) is 6. The Morgan fingerprint density at radius 1 is 1.16 bits per heavy atom. The molecule has 1 aliphatic carbocycles. The average Bonchev–Trinajstić information content (AvgIpc) is 3.62. The highest BCUT2D eigenvalue weighted by Gasteiger charge is 2.55. The van der Waals surface area contributed by atoms with Gasteiger partial charge in [0.15, 0.2) is 5.82 Å². The van der Waals surface area contributed by atoms with Crippen molar-refractivity contribution in [3.63, 3.8) is 0 Å². The van der Waals surface area contributed by atoms with Gasteiger partial charge in [-0.3, -0.25) is 19.4 Å². The van der Waals surface area contributed by atoms with E-state index < -0.39 is 0 Å². The van der Waals surface area contributed by atoms with E-state index in [-0.39, 0.29) is 35.4 Å². The van der Waals surface area contributed by atoms with E-state index in [1.807, 2.05) is 29.0 Å². The number of anilines is 1. The third-order valence-corrected chi connectivity index (χ3v) is 9.87. The number of piperazine rings is 1. The molecule has 2 aromatic heterocycles. The number of aryl methyl sites for hydroxylation is 1. The first-order valence-electron chi connectivity index (χ1n) is 13.4. The quantitative estimate of drug-likeness (QED) is 0.514. The zero-order valence-electron chi connectivity index (χ0n) is 22.0. The van der Waals surface area contributed by atoms with Crippen LogP contribution in [0, 0.1) is 19.3 Å². The molecular weight excluding hydrogens is 502 g/mol. The number of hydrogen-bond acceptors (Lipinski definition) is 5. The van der Waals surface area contributed by atoms with Crippen LogP contribution in [-0.2, 0) is 9.59 Å². The highest BCUT2D eigenvalue weighted by Crippen LogP contribution is 2.56. The zero-order valence-corrected chi connectivity index (χ0v) is 22.8. The first-order chi connectivity index (χ1) is 18.2. The summed E-state index contributed by atoms with van der Waals surface area (Å²) in [5.41, 5.74) is 5.27. The van der Waals surface area contributed by atoms with Crippen LogP contribution in [0.15, 0.2) is 24.9 Å². The lowest BCUT2D eigenvalue weighted by Gasteiger charge is -2.58. The van der Waals surface area contributed by atoms with Crippen molar-refractivity contribution >= 4 is 40.1 Å². The number of amides is 2. The molecule has 2 amide bonds. The number of carbonyl (C=O) groups is 2. The Kier molecular flexibility index (Phi) is 5.06. The van der Waals surface area contributed by atoms with Crippen LogP contribution in [0.3, 0.4) is 0 Å². The van der Waals surface area contributed by atoms with Gasteiger partial charge in [-0.1, -0.05) is 18.2 Å². The van der Waals surface area contributed by atoms with Gasteiger partial charge in [0.05, 0.1) is 34.9 Å². The van der Waals surface area contributed by atoms with Crippen LogP contribution >= 0.6 is 11.6 Å². The monoisotopic (exact) mass is 533 g/mol. The van der Waals surface area contributed by atoms with E-state index in [2.05, 4.69) is 33.3 Å². The second kappa shape index (κ2) is 8.09. The molecule has 38 heavy (non-hydrogen) atoms. The number of halogens is 1. The number of benzene rings is 1. The van der Waals surface area contributed by atoms with Crippen LogP contribution in [0.4, 0.5) is 5.82 Å². The van der Waals surface area contributed by atoms with Crippen molar-refractivity contribution in [2.45, 2.75) is 58.2 Å². The molecule has 0 radical (unpaired) electrons. The van der Waals surface area contributed by atoms with Crippen molar-refractivity contribution in [1.29, 1.82) is 0 Å². The normalized spacial score (nSPS) is 23.8. The summed E-state index contributed by atoms with van der Waals surface area (Å²) in [4.78, 5) is 30.4. The number of hydrogen-bond donors (Lipinski definition) is 1. The molecule has 10 heteroatoms. The molecule has 3 saturated heterocycles. The van der Waals surface area contributed by atoms with Crippen molar-refractivity contribution in [2.75, 3.05) is 31.1 Å². The molecule has 1 spiro atoms. The molecule has 2 bridgehead atoms. The zero-order chi connectivity index (χ0) is 26.5. The van der Waals surface area contributed by atoms with Gasteiger partial charge in [-0.25, -0.2) is 0 Å². The molecule has 0 unspecified atom stereocenters. The van der Waals surface area contributed by atoms with Gasteiger partial charge in [0.25, 0.3) is 0 Å². The Hall–Kier alpha value is -3.33. The standard InChI is InChI=1S/C28H32ClN7O2/c1-5-23(38)33-13-28(14-33)8-20(9-28)36-16(3)24(25-21-10-30-31-22(21)6-15(2)26(25)29)27(32-36)35-12-18-7-19(35)11-34(18)17(4)37/h5-6,10,18-20H,1,7-9,11-14H2,2-4H3,(H,30,31)/t18-,19-/m0/s1. The molecule has 3 aliphatic heterocycles. The summed E-state index contributed by atoms with van der Waals surface area (Å²) >= 11 is 7.04. The predicted octanol–water partition coefficient (Wildman–Crippen LogP) is 3.86. The highest BCUT2D eigenvalue weighted by molar-refractivity contribution is 6.36. The van der Waals surface area contributed by atoms with E-state index in [1.165, 1.54) is 6.08 Å². The van der Waals surface area contributed by atoms with Crippen LogP contribution in [-0.4, -0.2) is 79.9 Å². The third-order valence-electron chi connectivity index (χ3n) is 9.39. The molecule has 1 N–H and O–H groups in total. The molecule has 1 saturated carbocycles. The van der Waals surface area contributed by atoms with E-state index in [9.17, 15) is 9.59 Å². The van der Waals surface area contributed by atoms with Crippen molar-refractivity contribution in [1.82, 2.24) is 29.8 Å². The molecule has 4 aliphatic rings. The smallest absolute Gasteiger partial charge is 0.245 e. The number of nitrogens with one attached hydrogen (secondary N) is 1. The molecule has 3 aromatic rings. The van der Waals surface area contributed by atoms with E-state index in [4.69, 9.17) is 16.7 Å². The van der Waals surface area contributed by atoms with Gasteiger partial charge >= 0.3 is 0 Å². The SMILES string of the molecule is C=CC(=O)N1CC2(CC(n3nc(N4C[C@@H]5C[C@H]4CN5C(C)=O)c(-c4c(Cl)c(C)cc5[nH]ncc45)c3C)C2)C1. The summed E-state index contributed by atoms with van der Waals surface area (Å²) < 4.78 is 2.20. The summed E-state index contributed by atoms with van der Waals surface area (Å²) in [5, 5.41) is 14.4. The Balaban J connectivity index is 1.29. The number of aromatic amines is 1. The lowest BCUT2D eigenvalue weighted by atomic mass is 9.60. The maximum Gasteiger partial charge on any atom is 0.245 e. The highest BCUT2D eigenvalue weighted by atomic mass is 35.5. The minimum absolute atomic E-state index is 0.0147. The molecule has 198 valence electrons. The fourth-order valence-electron chi connectivity index (χ4n) is 7.53. The number of rotatable bonds is 4. The van der Waals surface area contributed by atoms with Gasteiger partial charge in [-0.05, 0) is 50.8 Å². The number of aromatic nitrogens is 4. The second-order valence-electron chi connectivity index (χ2n) is 11.8. The minimum atomic E-state index is 0.0147. The molecular formula is C28H32ClN7O2. The van der Waals surface area contributed by atoms with Crippen molar-refractivity contribution < 1.29 is 9.59 Å². The molecule has 9 nitrogen and oxygen atoms in total. The Bertz CT molecular complexity index is 1510. The van der Waals surface area contributed by atoms with Gasteiger partial charge in [0, 0.05) is 60.7 Å². The van der Waals surface area contributed by atoms with Gasteiger partial charge in [-0.15, -0.1) is 0 Å². The number of fused-ring (bicyclic) bond motifs is 3. The maximum absolute atomic E-state index is 12.2. The van der Waals surface area contributed by atoms with Crippen molar-refractivity contribution in [3.8, 4) is 11.1 Å². The van der Waals surface area contributed by atoms with Gasteiger partial charge < -0.3 is 14.7 Å². The van der Waals surface area contributed by atoms with Crippen molar-refractivity contribution in [2.24, 2.45) is 5.41 Å². The summed E-state index contributed by atoms with van der Waals surface area (Å²) in [7, 11) is 0. The number of carbonyl (C=O) groups excluding carboxylic acids is 2. The predicted molar refractivity (Wildman–Crippen MR) is 146 cm³/mol. The summed E-state index contributed by atoms with van der Waals surface area (Å²) in [6.07, 6.45) is 6.22. The minimum Gasteiger partial charge on any atom is -0.348 e. The second-order valence-corrected chi connectivity index (χ2v) is 12.1. The van der Waals surface area contributed by atoms with E-state index >= 15 is 0 Å².